The first-order valence-electron chi connectivity index (χ1n) is 9.40. The van der Waals surface area contributed by atoms with Crippen LogP contribution in [0, 0.1) is 0 Å². The van der Waals surface area contributed by atoms with Crippen LogP contribution >= 0.6 is 0 Å². The molecule has 1 aromatic carbocycles. The third kappa shape index (κ3) is 9.21. The third-order valence-electron chi connectivity index (χ3n) is 4.15. The molecule has 0 radical (unpaired) electrons. The van der Waals surface area contributed by atoms with Crippen LogP contribution in [0.3, 0.4) is 0 Å². The van der Waals surface area contributed by atoms with Crippen molar-refractivity contribution in [2.24, 2.45) is 11.5 Å². The largest absolute Gasteiger partial charge is 0.481 e. The lowest BCUT2D eigenvalue weighted by atomic mass is 10.0. The van der Waals surface area contributed by atoms with E-state index in [0.29, 0.717) is 5.56 Å². The van der Waals surface area contributed by atoms with E-state index in [0.717, 1.165) is 0 Å². The number of aliphatic carboxylic acids is 2. The van der Waals surface area contributed by atoms with Gasteiger partial charge in [-0.25, -0.2) is 4.79 Å². The van der Waals surface area contributed by atoms with Crippen LogP contribution in [0.15, 0.2) is 30.3 Å². The molecule has 0 aromatic heterocycles. The number of rotatable bonds is 13. The van der Waals surface area contributed by atoms with Gasteiger partial charge in [0.25, 0.3) is 0 Å². The van der Waals surface area contributed by atoms with Gasteiger partial charge in [-0.15, -0.1) is 0 Å². The van der Waals surface area contributed by atoms with Crippen LogP contribution in [0.2, 0.25) is 0 Å². The van der Waals surface area contributed by atoms with Gasteiger partial charge < -0.3 is 37.6 Å². The number of carbonyl (C=O) groups is 6. The summed E-state index contributed by atoms with van der Waals surface area (Å²) in [6.45, 7) is -0.499. The number of nitrogens with one attached hydrogen (secondary N) is 3. The van der Waals surface area contributed by atoms with E-state index >= 15 is 0 Å². The van der Waals surface area contributed by atoms with E-state index in [9.17, 15) is 33.9 Å². The van der Waals surface area contributed by atoms with Gasteiger partial charge in [0.15, 0.2) is 0 Å². The maximum atomic E-state index is 12.6. The number of amides is 4. The lowest BCUT2D eigenvalue weighted by Gasteiger charge is -2.23. The van der Waals surface area contributed by atoms with E-state index in [1.165, 1.54) is 0 Å². The van der Waals surface area contributed by atoms with Gasteiger partial charge in [0.2, 0.25) is 23.6 Å². The Balaban J connectivity index is 2.98. The van der Waals surface area contributed by atoms with Crippen molar-refractivity contribution in [2.75, 3.05) is 6.54 Å². The standard InChI is InChI=1S/C19H25N5O8/c20-9-15(26)22-11(7-14(21)25)17(29)23-12(8-16(27)28)18(30)24-13(19(31)32)6-10-4-2-1-3-5-10/h1-5,11-13H,6-9,20H2,(H2,21,25)(H,22,26)(H,23,29)(H,24,30)(H,27,28)(H,31,32). The maximum absolute atomic E-state index is 12.6. The van der Waals surface area contributed by atoms with Gasteiger partial charge in [-0.3, -0.25) is 24.0 Å². The van der Waals surface area contributed by atoms with Crippen LogP contribution in [0.5, 0.6) is 0 Å². The fourth-order valence-electron chi connectivity index (χ4n) is 2.64. The van der Waals surface area contributed by atoms with E-state index in [1.54, 1.807) is 30.3 Å². The Labute approximate surface area is 182 Å². The molecule has 0 bridgehead atoms. The molecule has 0 heterocycles. The minimum Gasteiger partial charge on any atom is -0.481 e. The molecular weight excluding hydrogens is 426 g/mol. The molecule has 0 saturated carbocycles. The van der Waals surface area contributed by atoms with Gasteiger partial charge in [0.1, 0.15) is 18.1 Å². The molecule has 13 nitrogen and oxygen atoms in total. The van der Waals surface area contributed by atoms with Crippen LogP contribution in [0.4, 0.5) is 0 Å². The van der Waals surface area contributed by atoms with Gasteiger partial charge in [-0.2, -0.15) is 0 Å². The first kappa shape index (κ1) is 26.0. The van der Waals surface area contributed by atoms with Crippen molar-refractivity contribution in [3.05, 3.63) is 35.9 Å². The number of carboxylic acids is 2. The normalized spacial score (nSPS) is 13.2. The van der Waals surface area contributed by atoms with Crippen molar-refractivity contribution < 1.29 is 39.0 Å². The van der Waals surface area contributed by atoms with Crippen molar-refractivity contribution in [1.29, 1.82) is 0 Å². The number of carboxylic acid groups (broad SMARTS) is 2. The van der Waals surface area contributed by atoms with Crippen molar-refractivity contribution >= 4 is 35.6 Å². The summed E-state index contributed by atoms with van der Waals surface area (Å²) in [5.41, 5.74) is 10.8. The first-order valence-corrected chi connectivity index (χ1v) is 9.40. The van der Waals surface area contributed by atoms with Crippen molar-refractivity contribution in [3.8, 4) is 0 Å². The Morgan fingerprint density at radius 2 is 1.34 bits per heavy atom. The second kappa shape index (κ2) is 12.6. The van der Waals surface area contributed by atoms with Gasteiger partial charge in [0, 0.05) is 6.42 Å². The topological polar surface area (TPSA) is 231 Å². The minimum absolute atomic E-state index is 0.0908. The Bertz CT molecular complexity index is 861. The zero-order valence-corrected chi connectivity index (χ0v) is 16.9. The lowest BCUT2D eigenvalue weighted by Crippen LogP contribution is -2.57. The van der Waals surface area contributed by atoms with Gasteiger partial charge in [0.05, 0.1) is 19.4 Å². The van der Waals surface area contributed by atoms with Gasteiger partial charge in [-0.1, -0.05) is 30.3 Å². The number of hydrogen-bond acceptors (Lipinski definition) is 7. The predicted molar refractivity (Wildman–Crippen MR) is 109 cm³/mol. The summed E-state index contributed by atoms with van der Waals surface area (Å²) in [5.74, 6) is -6.72. The highest BCUT2D eigenvalue weighted by Gasteiger charge is 2.31. The molecule has 4 amide bonds. The molecule has 1 aromatic rings. The quantitative estimate of drug-likeness (QED) is 0.162. The minimum atomic E-state index is -1.69. The number of nitrogens with two attached hydrogens (primary N) is 2. The highest BCUT2D eigenvalue weighted by Crippen LogP contribution is 2.05. The third-order valence-corrected chi connectivity index (χ3v) is 4.15. The molecular formula is C19H25N5O8. The average molecular weight is 451 g/mol. The monoisotopic (exact) mass is 451 g/mol. The van der Waals surface area contributed by atoms with E-state index in [2.05, 4.69) is 16.0 Å². The first-order chi connectivity index (χ1) is 15.0. The number of benzene rings is 1. The van der Waals surface area contributed by atoms with Crippen molar-refractivity contribution in [1.82, 2.24) is 16.0 Å². The molecule has 9 N–H and O–H groups in total. The second-order valence-electron chi connectivity index (χ2n) is 6.74. The maximum Gasteiger partial charge on any atom is 0.326 e. The molecule has 0 saturated heterocycles. The fraction of sp³-hybridized carbons (Fsp3) is 0.368. The molecule has 0 fully saturated rings. The Kier molecular flexibility index (Phi) is 10.3. The van der Waals surface area contributed by atoms with Gasteiger partial charge >= 0.3 is 11.9 Å². The van der Waals surface area contributed by atoms with Gasteiger partial charge in [-0.05, 0) is 5.56 Å². The van der Waals surface area contributed by atoms with Crippen LogP contribution in [0.1, 0.15) is 18.4 Å². The number of carbonyl (C=O) groups excluding carboxylic acids is 4. The predicted octanol–water partition coefficient (Wildman–Crippen LogP) is -2.92. The second-order valence-corrected chi connectivity index (χ2v) is 6.74. The van der Waals surface area contributed by atoms with E-state index in [1.807, 2.05) is 0 Å². The van der Waals surface area contributed by atoms with Crippen LogP contribution in [0.25, 0.3) is 0 Å². The summed E-state index contributed by atoms with van der Waals surface area (Å²) in [6, 6.07) is 3.77. The van der Waals surface area contributed by atoms with E-state index in [-0.39, 0.29) is 6.42 Å². The smallest absolute Gasteiger partial charge is 0.326 e. The molecule has 0 aliphatic heterocycles. The fourth-order valence-corrected chi connectivity index (χ4v) is 2.64. The SMILES string of the molecule is NCC(=O)NC(CC(N)=O)C(=O)NC(CC(=O)O)C(=O)NC(Cc1ccccc1)C(=O)O. The summed E-state index contributed by atoms with van der Waals surface area (Å²) in [6.07, 6.45) is -1.61. The zero-order valence-electron chi connectivity index (χ0n) is 16.9. The Morgan fingerprint density at radius 1 is 0.812 bits per heavy atom. The highest BCUT2D eigenvalue weighted by molar-refractivity contribution is 5.96. The van der Waals surface area contributed by atoms with Crippen molar-refractivity contribution in [2.45, 2.75) is 37.4 Å². The molecule has 32 heavy (non-hydrogen) atoms. The summed E-state index contributed by atoms with van der Waals surface area (Å²) in [5, 5.41) is 24.9. The Morgan fingerprint density at radius 3 is 1.81 bits per heavy atom. The average Bonchev–Trinajstić information content (AvgIpc) is 2.72. The molecule has 0 aliphatic carbocycles. The summed E-state index contributed by atoms with van der Waals surface area (Å²) in [7, 11) is 0. The van der Waals surface area contributed by atoms with E-state index < -0.39 is 73.1 Å². The molecule has 174 valence electrons. The van der Waals surface area contributed by atoms with Crippen LogP contribution in [-0.2, 0) is 35.2 Å². The molecule has 3 unspecified atom stereocenters. The molecule has 13 heteroatoms. The number of primary amides is 1. The van der Waals surface area contributed by atoms with Crippen LogP contribution < -0.4 is 27.4 Å². The highest BCUT2D eigenvalue weighted by atomic mass is 16.4. The molecule has 3 atom stereocenters. The van der Waals surface area contributed by atoms with Crippen molar-refractivity contribution in [3.63, 3.8) is 0 Å². The zero-order chi connectivity index (χ0) is 24.3. The van der Waals surface area contributed by atoms with E-state index in [4.69, 9.17) is 16.6 Å². The number of hydrogen-bond donors (Lipinski definition) is 7. The molecule has 0 spiro atoms. The Hall–Kier alpha value is -4.00. The summed E-state index contributed by atoms with van der Waals surface area (Å²) >= 11 is 0. The summed E-state index contributed by atoms with van der Waals surface area (Å²) < 4.78 is 0. The molecule has 0 aliphatic rings. The lowest BCUT2D eigenvalue weighted by molar-refractivity contribution is -0.143. The van der Waals surface area contributed by atoms with Crippen LogP contribution in [-0.4, -0.2) is 70.5 Å². The summed E-state index contributed by atoms with van der Waals surface area (Å²) in [4.78, 5) is 70.5. The molecule has 1 rings (SSSR count).